The molecule has 0 aliphatic carbocycles. The molecule has 1 aromatic heterocycles. The summed E-state index contributed by atoms with van der Waals surface area (Å²) in [4.78, 5) is 24.0. The Morgan fingerprint density at radius 3 is 2.65 bits per heavy atom. The second-order valence-corrected chi connectivity index (χ2v) is 5.97. The van der Waals surface area contributed by atoms with Crippen molar-refractivity contribution in [2.75, 3.05) is 0 Å². The molecule has 26 heavy (non-hydrogen) atoms. The molecule has 0 bridgehead atoms. The van der Waals surface area contributed by atoms with Crippen LogP contribution in [0.15, 0.2) is 64.3 Å². The molecule has 0 radical (unpaired) electrons. The predicted octanol–water partition coefficient (Wildman–Crippen LogP) is 4.70. The maximum Gasteiger partial charge on any atom is 0.335 e. The van der Waals surface area contributed by atoms with Crippen molar-refractivity contribution < 1.29 is 14.3 Å². The molecule has 2 aromatic carbocycles. The number of hydrogen-bond acceptors (Lipinski definition) is 3. The minimum absolute atomic E-state index is 0.0533. The van der Waals surface area contributed by atoms with Crippen molar-refractivity contribution in [3.8, 4) is 0 Å². The Bertz CT molecular complexity index is 1090. The highest BCUT2D eigenvalue weighted by Gasteiger charge is 2.14. The van der Waals surface area contributed by atoms with Gasteiger partial charge in [0.2, 0.25) is 0 Å². The lowest BCUT2D eigenvalue weighted by Crippen LogP contribution is -2.11. The first kappa shape index (κ1) is 17.4. The van der Waals surface area contributed by atoms with Crippen LogP contribution in [0, 0.1) is 6.92 Å². The van der Waals surface area contributed by atoms with Crippen molar-refractivity contribution in [3.63, 3.8) is 0 Å². The molecule has 0 atom stereocenters. The average molecular weight is 346 g/mol. The third kappa shape index (κ3) is 3.35. The molecule has 0 saturated carbocycles. The van der Waals surface area contributed by atoms with Crippen LogP contribution in [0.3, 0.4) is 0 Å². The van der Waals surface area contributed by atoms with Crippen molar-refractivity contribution in [3.05, 3.63) is 93.4 Å². The van der Waals surface area contributed by atoms with Crippen molar-refractivity contribution in [1.82, 2.24) is 0 Å². The lowest BCUT2D eigenvalue weighted by atomic mass is 10.0. The van der Waals surface area contributed by atoms with Gasteiger partial charge in [0.15, 0.2) is 5.43 Å². The number of carboxylic acid groups (broad SMARTS) is 1. The van der Waals surface area contributed by atoms with E-state index in [0.717, 1.165) is 11.1 Å². The van der Waals surface area contributed by atoms with Gasteiger partial charge in [0.05, 0.1) is 10.9 Å². The zero-order chi connectivity index (χ0) is 18.7. The van der Waals surface area contributed by atoms with Crippen LogP contribution < -0.4 is 5.43 Å². The predicted molar refractivity (Wildman–Crippen MR) is 103 cm³/mol. The van der Waals surface area contributed by atoms with E-state index in [-0.39, 0.29) is 16.4 Å². The fourth-order valence-corrected chi connectivity index (χ4v) is 2.80. The molecule has 1 N–H and O–H groups in total. The van der Waals surface area contributed by atoms with Crippen molar-refractivity contribution in [1.29, 1.82) is 0 Å². The maximum absolute atomic E-state index is 12.9. The van der Waals surface area contributed by atoms with Gasteiger partial charge in [0, 0.05) is 5.56 Å². The lowest BCUT2D eigenvalue weighted by molar-refractivity contribution is 0.0697. The summed E-state index contributed by atoms with van der Waals surface area (Å²) in [5.74, 6) is -0.631. The molecule has 0 unspecified atom stereocenters. The molecule has 1 heterocycles. The van der Waals surface area contributed by atoms with Gasteiger partial charge in [-0.25, -0.2) is 4.79 Å². The molecule has 4 nitrogen and oxygen atoms in total. The summed E-state index contributed by atoms with van der Waals surface area (Å²) in [7, 11) is 0. The Kier molecular flexibility index (Phi) is 4.85. The third-order valence-electron chi connectivity index (χ3n) is 4.21. The van der Waals surface area contributed by atoms with Crippen LogP contribution in [0.2, 0.25) is 0 Å². The molecule has 0 spiro atoms. The van der Waals surface area contributed by atoms with E-state index in [1.54, 1.807) is 12.2 Å². The molecule has 0 aliphatic rings. The Balaban J connectivity index is 2.18. The SMILES string of the molecule is C=CCc1c(/C=C\c2ccccc2C)oc2ccc(C(=O)O)cc2c1=O. The molecule has 4 heteroatoms. The molecule has 0 aliphatic heterocycles. The number of carboxylic acids is 1. The number of aromatic carboxylic acids is 1. The van der Waals surface area contributed by atoms with Crippen LogP contribution in [0.5, 0.6) is 0 Å². The van der Waals surface area contributed by atoms with E-state index in [2.05, 4.69) is 6.58 Å². The van der Waals surface area contributed by atoms with Gasteiger partial charge in [-0.05, 0) is 48.7 Å². The first-order chi connectivity index (χ1) is 12.5. The van der Waals surface area contributed by atoms with Gasteiger partial charge in [0.25, 0.3) is 0 Å². The number of fused-ring (bicyclic) bond motifs is 1. The Labute approximate surface area is 150 Å². The van der Waals surface area contributed by atoms with E-state index in [4.69, 9.17) is 9.52 Å². The summed E-state index contributed by atoms with van der Waals surface area (Å²) < 4.78 is 5.90. The second kappa shape index (κ2) is 7.23. The van der Waals surface area contributed by atoms with E-state index in [9.17, 15) is 9.59 Å². The number of aryl methyl sites for hydroxylation is 1. The molecule has 0 saturated heterocycles. The van der Waals surface area contributed by atoms with Crippen LogP contribution in [0.1, 0.15) is 32.8 Å². The zero-order valence-corrected chi connectivity index (χ0v) is 14.4. The van der Waals surface area contributed by atoms with E-state index >= 15 is 0 Å². The van der Waals surface area contributed by atoms with E-state index in [1.807, 2.05) is 37.3 Å². The van der Waals surface area contributed by atoms with E-state index < -0.39 is 5.97 Å². The largest absolute Gasteiger partial charge is 0.478 e. The molecule has 0 fully saturated rings. The van der Waals surface area contributed by atoms with Gasteiger partial charge in [-0.1, -0.05) is 36.4 Å². The number of allylic oxidation sites excluding steroid dienone is 1. The average Bonchev–Trinajstić information content (AvgIpc) is 2.63. The smallest absolute Gasteiger partial charge is 0.335 e. The summed E-state index contributed by atoms with van der Waals surface area (Å²) in [6.45, 7) is 5.71. The highest BCUT2D eigenvalue weighted by Crippen LogP contribution is 2.21. The van der Waals surface area contributed by atoms with Gasteiger partial charge in [0.1, 0.15) is 11.3 Å². The van der Waals surface area contributed by atoms with Crippen LogP contribution in [-0.2, 0) is 6.42 Å². The fraction of sp³-hybridized carbons (Fsp3) is 0.0909. The molecular weight excluding hydrogens is 328 g/mol. The van der Waals surface area contributed by atoms with Crippen molar-refractivity contribution in [2.45, 2.75) is 13.3 Å². The Hall–Kier alpha value is -3.40. The van der Waals surface area contributed by atoms with Crippen LogP contribution in [0.4, 0.5) is 0 Å². The van der Waals surface area contributed by atoms with Crippen LogP contribution >= 0.6 is 0 Å². The third-order valence-corrected chi connectivity index (χ3v) is 4.21. The summed E-state index contributed by atoms with van der Waals surface area (Å²) in [5, 5.41) is 9.40. The monoisotopic (exact) mass is 346 g/mol. The van der Waals surface area contributed by atoms with E-state index in [1.165, 1.54) is 18.2 Å². The number of hydrogen-bond donors (Lipinski definition) is 1. The maximum atomic E-state index is 12.9. The van der Waals surface area contributed by atoms with Gasteiger partial charge < -0.3 is 9.52 Å². The fourth-order valence-electron chi connectivity index (χ4n) is 2.80. The summed E-state index contributed by atoms with van der Waals surface area (Å²) in [6, 6.07) is 12.2. The lowest BCUT2D eigenvalue weighted by Gasteiger charge is -2.07. The second-order valence-electron chi connectivity index (χ2n) is 5.97. The van der Waals surface area contributed by atoms with Crippen LogP contribution in [-0.4, -0.2) is 11.1 Å². The van der Waals surface area contributed by atoms with Gasteiger partial charge in [-0.2, -0.15) is 0 Å². The summed E-state index contributed by atoms with van der Waals surface area (Å²) in [5.41, 5.74) is 2.78. The summed E-state index contributed by atoms with van der Waals surface area (Å²) >= 11 is 0. The molecule has 3 rings (SSSR count). The zero-order valence-electron chi connectivity index (χ0n) is 14.4. The standard InChI is InChI=1S/C22H18O4/c1-3-6-17-19(11-9-15-8-5-4-7-14(15)2)26-20-12-10-16(22(24)25)13-18(20)21(17)23/h3-5,7-13H,1,6H2,2H3,(H,24,25)/b11-9-. The molecule has 130 valence electrons. The molecule has 0 amide bonds. The minimum Gasteiger partial charge on any atom is -0.478 e. The minimum atomic E-state index is -1.08. The number of benzene rings is 2. The molecule has 3 aromatic rings. The normalized spacial score (nSPS) is 11.1. The van der Waals surface area contributed by atoms with Crippen LogP contribution in [0.25, 0.3) is 23.1 Å². The van der Waals surface area contributed by atoms with E-state index in [0.29, 0.717) is 23.3 Å². The quantitative estimate of drug-likeness (QED) is 0.680. The number of carbonyl (C=O) groups is 1. The number of rotatable bonds is 5. The first-order valence-corrected chi connectivity index (χ1v) is 8.19. The van der Waals surface area contributed by atoms with Crippen molar-refractivity contribution in [2.24, 2.45) is 0 Å². The van der Waals surface area contributed by atoms with Gasteiger partial charge in [-0.15, -0.1) is 6.58 Å². The highest BCUT2D eigenvalue weighted by atomic mass is 16.4. The topological polar surface area (TPSA) is 67.5 Å². The Morgan fingerprint density at radius 1 is 1.19 bits per heavy atom. The van der Waals surface area contributed by atoms with Crippen molar-refractivity contribution >= 4 is 29.1 Å². The molecular formula is C22H18O4. The van der Waals surface area contributed by atoms with Gasteiger partial charge in [-0.3, -0.25) is 4.79 Å². The Morgan fingerprint density at radius 2 is 1.96 bits per heavy atom. The van der Waals surface area contributed by atoms with Gasteiger partial charge >= 0.3 is 5.97 Å². The first-order valence-electron chi connectivity index (χ1n) is 8.19. The highest BCUT2D eigenvalue weighted by molar-refractivity contribution is 5.93. The summed E-state index contributed by atoms with van der Waals surface area (Å²) in [6.07, 6.45) is 5.64.